The Hall–Kier alpha value is -1.49. The molecule has 1 rings (SSSR count). The van der Waals surface area contributed by atoms with Gasteiger partial charge in [0.15, 0.2) is 11.5 Å². The van der Waals surface area contributed by atoms with E-state index in [9.17, 15) is 4.79 Å². The van der Waals surface area contributed by atoms with E-state index in [0.29, 0.717) is 16.0 Å². The number of carbonyl (C=O) groups is 1. The highest BCUT2D eigenvalue weighted by Crippen LogP contribution is 2.34. The number of rotatable bonds is 5. The van der Waals surface area contributed by atoms with Crippen molar-refractivity contribution in [3.05, 3.63) is 34.8 Å². The number of carboxylic acids is 1. The third kappa shape index (κ3) is 3.00. The van der Waals surface area contributed by atoms with Crippen LogP contribution >= 0.6 is 15.9 Å². The van der Waals surface area contributed by atoms with Crippen molar-refractivity contribution in [1.29, 1.82) is 0 Å². The van der Waals surface area contributed by atoms with Gasteiger partial charge in [0.2, 0.25) is 0 Å². The minimum absolute atomic E-state index is 0.0159. The van der Waals surface area contributed by atoms with Crippen LogP contribution in [0.15, 0.2) is 34.8 Å². The minimum atomic E-state index is -1.08. The molecule has 0 aliphatic heterocycles. The summed E-state index contributed by atoms with van der Waals surface area (Å²) in [5, 5.41) is 8.63. The van der Waals surface area contributed by atoms with Gasteiger partial charge in [-0.1, -0.05) is 12.6 Å². The first kappa shape index (κ1) is 12.6. The van der Waals surface area contributed by atoms with Gasteiger partial charge in [-0.15, -0.1) is 0 Å². The molecule has 0 aliphatic rings. The van der Waals surface area contributed by atoms with E-state index in [1.54, 1.807) is 18.2 Å². The Bertz CT molecular complexity index is 414. The van der Waals surface area contributed by atoms with Crippen LogP contribution in [0.4, 0.5) is 0 Å². The highest BCUT2D eigenvalue weighted by molar-refractivity contribution is 9.10. The SMILES string of the molecule is C=C(COc1c(Br)cccc1OC)C(=O)O. The largest absolute Gasteiger partial charge is 0.493 e. The lowest BCUT2D eigenvalue weighted by Gasteiger charge is -2.11. The van der Waals surface area contributed by atoms with Gasteiger partial charge >= 0.3 is 5.97 Å². The van der Waals surface area contributed by atoms with Crippen LogP contribution in [0.5, 0.6) is 11.5 Å². The predicted molar refractivity (Wildman–Crippen MR) is 63.0 cm³/mol. The molecule has 0 bridgehead atoms. The molecule has 5 heteroatoms. The fraction of sp³-hybridized carbons (Fsp3) is 0.182. The molecule has 1 N–H and O–H groups in total. The van der Waals surface area contributed by atoms with Crippen LogP contribution in [0.3, 0.4) is 0 Å². The molecule has 0 heterocycles. The molecular weight excluding hydrogens is 276 g/mol. The van der Waals surface area contributed by atoms with Crippen molar-refractivity contribution >= 4 is 21.9 Å². The lowest BCUT2D eigenvalue weighted by molar-refractivity contribution is -0.133. The summed E-state index contributed by atoms with van der Waals surface area (Å²) in [6.45, 7) is 3.28. The number of aliphatic carboxylic acids is 1. The number of hydrogen-bond donors (Lipinski definition) is 1. The lowest BCUT2D eigenvalue weighted by Crippen LogP contribution is -2.09. The van der Waals surface area contributed by atoms with E-state index >= 15 is 0 Å². The molecule has 86 valence electrons. The molecule has 16 heavy (non-hydrogen) atoms. The molecule has 0 saturated carbocycles. The van der Waals surface area contributed by atoms with Gasteiger partial charge in [0.05, 0.1) is 17.2 Å². The van der Waals surface area contributed by atoms with E-state index < -0.39 is 5.97 Å². The van der Waals surface area contributed by atoms with Crippen LogP contribution in [0.25, 0.3) is 0 Å². The summed E-state index contributed by atoms with van der Waals surface area (Å²) in [6.07, 6.45) is 0. The van der Waals surface area contributed by atoms with E-state index in [1.807, 2.05) is 0 Å². The maximum atomic E-state index is 10.5. The molecule has 4 nitrogen and oxygen atoms in total. The van der Waals surface area contributed by atoms with Gasteiger partial charge < -0.3 is 14.6 Å². The fourth-order valence-corrected chi connectivity index (χ4v) is 1.47. The van der Waals surface area contributed by atoms with Crippen LogP contribution in [-0.2, 0) is 4.79 Å². The Balaban J connectivity index is 2.80. The van der Waals surface area contributed by atoms with Crippen LogP contribution in [-0.4, -0.2) is 24.8 Å². The Morgan fingerprint density at radius 2 is 2.25 bits per heavy atom. The smallest absolute Gasteiger partial charge is 0.334 e. The Morgan fingerprint density at radius 3 is 2.81 bits per heavy atom. The molecule has 0 saturated heterocycles. The van der Waals surface area contributed by atoms with Gasteiger partial charge in [-0.25, -0.2) is 4.79 Å². The van der Waals surface area contributed by atoms with Gasteiger partial charge in [-0.2, -0.15) is 0 Å². The first-order valence-electron chi connectivity index (χ1n) is 4.42. The maximum absolute atomic E-state index is 10.5. The molecule has 0 amide bonds. The number of hydrogen-bond acceptors (Lipinski definition) is 3. The predicted octanol–water partition coefficient (Wildman–Crippen LogP) is 2.48. The second kappa shape index (κ2) is 5.55. The van der Waals surface area contributed by atoms with Gasteiger partial charge in [0.25, 0.3) is 0 Å². The molecule has 0 radical (unpaired) electrons. The number of ether oxygens (including phenoxy) is 2. The number of para-hydroxylation sites is 1. The Morgan fingerprint density at radius 1 is 1.56 bits per heavy atom. The molecular formula is C11H11BrO4. The molecule has 0 atom stereocenters. The second-order valence-electron chi connectivity index (χ2n) is 2.97. The molecule has 0 aromatic heterocycles. The monoisotopic (exact) mass is 286 g/mol. The average Bonchev–Trinajstić information content (AvgIpc) is 2.26. The highest BCUT2D eigenvalue weighted by Gasteiger charge is 2.11. The summed E-state index contributed by atoms with van der Waals surface area (Å²) >= 11 is 3.29. The molecule has 0 fully saturated rings. The van der Waals surface area contributed by atoms with Gasteiger partial charge in [0.1, 0.15) is 6.61 Å². The number of carboxylic acid groups (broad SMARTS) is 1. The van der Waals surface area contributed by atoms with Gasteiger partial charge in [0, 0.05) is 0 Å². The summed E-state index contributed by atoms with van der Waals surface area (Å²) in [5.74, 6) is -0.0778. The van der Waals surface area contributed by atoms with Crippen molar-refractivity contribution in [2.45, 2.75) is 0 Å². The summed E-state index contributed by atoms with van der Waals surface area (Å²) in [6, 6.07) is 5.30. The van der Waals surface area contributed by atoms with E-state index in [-0.39, 0.29) is 12.2 Å². The quantitative estimate of drug-likeness (QED) is 0.845. The first-order valence-corrected chi connectivity index (χ1v) is 5.22. The van der Waals surface area contributed by atoms with Crippen molar-refractivity contribution in [3.8, 4) is 11.5 Å². The van der Waals surface area contributed by atoms with E-state index in [0.717, 1.165) is 0 Å². The fourth-order valence-electron chi connectivity index (χ4n) is 1.01. The zero-order chi connectivity index (χ0) is 12.1. The average molecular weight is 287 g/mol. The summed E-state index contributed by atoms with van der Waals surface area (Å²) < 4.78 is 11.1. The molecule has 0 spiro atoms. The van der Waals surface area contributed by atoms with Crippen molar-refractivity contribution in [1.82, 2.24) is 0 Å². The summed E-state index contributed by atoms with van der Waals surface area (Å²) in [4.78, 5) is 10.5. The minimum Gasteiger partial charge on any atom is -0.493 e. The van der Waals surface area contributed by atoms with Crippen molar-refractivity contribution in [2.75, 3.05) is 13.7 Å². The van der Waals surface area contributed by atoms with Crippen molar-refractivity contribution in [2.24, 2.45) is 0 Å². The van der Waals surface area contributed by atoms with Crippen LogP contribution in [0, 0.1) is 0 Å². The van der Waals surface area contributed by atoms with Crippen molar-refractivity contribution < 1.29 is 19.4 Å². The molecule has 1 aromatic rings. The normalized spacial score (nSPS) is 9.62. The maximum Gasteiger partial charge on any atom is 0.334 e. The molecule has 0 aliphatic carbocycles. The van der Waals surface area contributed by atoms with Crippen LogP contribution < -0.4 is 9.47 Å². The zero-order valence-electron chi connectivity index (χ0n) is 8.70. The number of halogens is 1. The lowest BCUT2D eigenvalue weighted by atomic mass is 10.3. The third-order valence-corrected chi connectivity index (χ3v) is 2.47. The van der Waals surface area contributed by atoms with Crippen molar-refractivity contribution in [3.63, 3.8) is 0 Å². The number of methoxy groups -OCH3 is 1. The van der Waals surface area contributed by atoms with E-state index in [2.05, 4.69) is 22.5 Å². The summed E-state index contributed by atoms with van der Waals surface area (Å²) in [5.41, 5.74) is -0.0159. The zero-order valence-corrected chi connectivity index (χ0v) is 10.3. The van der Waals surface area contributed by atoms with Gasteiger partial charge in [-0.3, -0.25) is 0 Å². The van der Waals surface area contributed by atoms with Crippen LogP contribution in [0.1, 0.15) is 0 Å². The third-order valence-electron chi connectivity index (χ3n) is 1.84. The topological polar surface area (TPSA) is 55.8 Å². The number of benzene rings is 1. The molecule has 1 aromatic carbocycles. The van der Waals surface area contributed by atoms with E-state index in [4.69, 9.17) is 14.6 Å². The van der Waals surface area contributed by atoms with Crippen LogP contribution in [0.2, 0.25) is 0 Å². The van der Waals surface area contributed by atoms with Gasteiger partial charge in [-0.05, 0) is 28.1 Å². The first-order chi connectivity index (χ1) is 7.56. The second-order valence-corrected chi connectivity index (χ2v) is 3.82. The highest BCUT2D eigenvalue weighted by atomic mass is 79.9. The Kier molecular flexibility index (Phi) is 4.37. The Labute approximate surface area is 102 Å². The van der Waals surface area contributed by atoms with E-state index in [1.165, 1.54) is 7.11 Å². The molecule has 0 unspecified atom stereocenters. The summed E-state index contributed by atoms with van der Waals surface area (Å²) in [7, 11) is 1.51. The standard InChI is InChI=1S/C11H11BrO4/c1-7(11(13)14)6-16-10-8(12)4-3-5-9(10)15-2/h3-5H,1,6H2,2H3,(H,13,14).